The Morgan fingerprint density at radius 2 is 1.76 bits per heavy atom. The fourth-order valence-electron chi connectivity index (χ4n) is 2.51. The van der Waals surface area contributed by atoms with E-state index in [1.165, 1.54) is 19.3 Å². The third-order valence-corrected chi connectivity index (χ3v) is 3.88. The number of hydrogen-bond donors (Lipinski definition) is 2. The molecule has 6 heteroatoms. The van der Waals surface area contributed by atoms with Crippen LogP contribution in [0.3, 0.4) is 0 Å². The number of nitrogens with one attached hydrogen (secondary N) is 1. The first kappa shape index (κ1) is 13.9. The van der Waals surface area contributed by atoms with Gasteiger partial charge in [0, 0.05) is 23.8 Å². The van der Waals surface area contributed by atoms with Gasteiger partial charge >= 0.3 is 0 Å². The molecule has 0 atom stereocenters. The molecule has 1 aliphatic rings. The summed E-state index contributed by atoms with van der Waals surface area (Å²) in [7, 11) is 0. The summed E-state index contributed by atoms with van der Waals surface area (Å²) in [4.78, 5) is 10.8. The van der Waals surface area contributed by atoms with Crippen LogP contribution < -0.4 is 16.0 Å². The normalized spacial score (nSPS) is 15.0. The molecule has 0 unspecified atom stereocenters. The number of piperidine rings is 1. The van der Waals surface area contributed by atoms with Crippen molar-refractivity contribution in [3.05, 3.63) is 35.6 Å². The molecular formula is C15H18ClN5. The second-order valence-electron chi connectivity index (χ2n) is 5.14. The fourth-order valence-corrected chi connectivity index (χ4v) is 2.64. The van der Waals surface area contributed by atoms with Gasteiger partial charge in [0.05, 0.1) is 0 Å². The maximum absolute atomic E-state index is 6.24. The van der Waals surface area contributed by atoms with E-state index in [1.807, 2.05) is 24.3 Å². The van der Waals surface area contributed by atoms with E-state index in [2.05, 4.69) is 20.2 Å². The Balaban J connectivity index is 1.84. The van der Waals surface area contributed by atoms with Crippen molar-refractivity contribution < 1.29 is 0 Å². The van der Waals surface area contributed by atoms with E-state index in [4.69, 9.17) is 17.3 Å². The highest BCUT2D eigenvalue weighted by atomic mass is 35.5. The van der Waals surface area contributed by atoms with Crippen molar-refractivity contribution in [2.75, 3.05) is 29.0 Å². The van der Waals surface area contributed by atoms with Gasteiger partial charge in [-0.05, 0) is 43.5 Å². The van der Waals surface area contributed by atoms with Crippen LogP contribution in [0, 0.1) is 0 Å². The second kappa shape index (κ2) is 6.18. The van der Waals surface area contributed by atoms with Gasteiger partial charge in [0.2, 0.25) is 0 Å². The minimum absolute atomic E-state index is 0.592. The van der Waals surface area contributed by atoms with E-state index in [-0.39, 0.29) is 0 Å². The van der Waals surface area contributed by atoms with Crippen LogP contribution in [0.5, 0.6) is 0 Å². The topological polar surface area (TPSA) is 67.1 Å². The van der Waals surface area contributed by atoms with E-state index in [0.717, 1.165) is 24.6 Å². The van der Waals surface area contributed by atoms with Gasteiger partial charge < -0.3 is 16.0 Å². The Kier molecular flexibility index (Phi) is 4.10. The van der Waals surface area contributed by atoms with E-state index >= 15 is 0 Å². The molecule has 21 heavy (non-hydrogen) atoms. The molecule has 5 nitrogen and oxygen atoms in total. The summed E-state index contributed by atoms with van der Waals surface area (Å²) >= 11 is 5.89. The Morgan fingerprint density at radius 1 is 1.05 bits per heavy atom. The SMILES string of the molecule is Nc1c(Nc2ccc(Cl)cc2)ncnc1N1CCCCC1. The van der Waals surface area contributed by atoms with E-state index in [0.29, 0.717) is 16.5 Å². The number of nitrogens with zero attached hydrogens (tertiary/aromatic N) is 3. The number of nitrogen functional groups attached to an aromatic ring is 1. The summed E-state index contributed by atoms with van der Waals surface area (Å²) in [5.41, 5.74) is 7.73. The highest BCUT2D eigenvalue weighted by molar-refractivity contribution is 6.30. The van der Waals surface area contributed by atoms with Gasteiger partial charge in [-0.2, -0.15) is 0 Å². The zero-order valence-corrected chi connectivity index (χ0v) is 12.5. The van der Waals surface area contributed by atoms with Gasteiger partial charge in [0.25, 0.3) is 0 Å². The first-order valence-corrected chi connectivity index (χ1v) is 7.50. The minimum atomic E-state index is 0.592. The Bertz CT molecular complexity index is 608. The third kappa shape index (κ3) is 3.19. The smallest absolute Gasteiger partial charge is 0.159 e. The first-order valence-electron chi connectivity index (χ1n) is 7.12. The predicted octanol–water partition coefficient (Wildman–Crippen LogP) is 3.45. The molecule has 110 valence electrons. The van der Waals surface area contributed by atoms with Crippen LogP contribution in [0.15, 0.2) is 30.6 Å². The van der Waals surface area contributed by atoms with E-state index in [1.54, 1.807) is 6.33 Å². The van der Waals surface area contributed by atoms with Crippen molar-refractivity contribution in [3.63, 3.8) is 0 Å². The molecule has 0 saturated carbocycles. The molecule has 2 aromatic rings. The predicted molar refractivity (Wildman–Crippen MR) is 87.2 cm³/mol. The molecule has 1 saturated heterocycles. The van der Waals surface area contributed by atoms with Crippen molar-refractivity contribution in [1.82, 2.24) is 9.97 Å². The van der Waals surface area contributed by atoms with E-state index < -0.39 is 0 Å². The summed E-state index contributed by atoms with van der Waals surface area (Å²) in [6.07, 6.45) is 5.20. The summed E-state index contributed by atoms with van der Waals surface area (Å²) in [6.45, 7) is 2.00. The van der Waals surface area contributed by atoms with Crippen molar-refractivity contribution >= 4 is 34.6 Å². The Morgan fingerprint density at radius 3 is 2.48 bits per heavy atom. The van der Waals surface area contributed by atoms with Gasteiger partial charge in [0.1, 0.15) is 12.0 Å². The van der Waals surface area contributed by atoms with Crippen molar-refractivity contribution in [2.45, 2.75) is 19.3 Å². The summed E-state index contributed by atoms with van der Waals surface area (Å²) < 4.78 is 0. The molecule has 3 N–H and O–H groups in total. The van der Waals surface area contributed by atoms with Crippen LogP contribution in [0.4, 0.5) is 23.0 Å². The molecule has 0 bridgehead atoms. The molecule has 0 aliphatic carbocycles. The van der Waals surface area contributed by atoms with Crippen LogP contribution >= 0.6 is 11.6 Å². The molecule has 1 aromatic heterocycles. The number of halogens is 1. The standard InChI is InChI=1S/C15H18ClN5/c16-11-4-6-12(7-5-11)20-14-13(17)15(19-10-18-14)21-8-2-1-3-9-21/h4-7,10H,1-3,8-9,17H2,(H,18,19,20). The lowest BCUT2D eigenvalue weighted by Crippen LogP contribution is -2.31. The van der Waals surface area contributed by atoms with Crippen molar-refractivity contribution in [1.29, 1.82) is 0 Å². The van der Waals surface area contributed by atoms with Crippen LogP contribution in [0.25, 0.3) is 0 Å². The fraction of sp³-hybridized carbons (Fsp3) is 0.333. The molecule has 1 aliphatic heterocycles. The maximum atomic E-state index is 6.24. The van der Waals surface area contributed by atoms with Crippen LogP contribution in [-0.2, 0) is 0 Å². The van der Waals surface area contributed by atoms with Crippen LogP contribution in [-0.4, -0.2) is 23.1 Å². The number of rotatable bonds is 3. The summed E-state index contributed by atoms with van der Waals surface area (Å²) in [6, 6.07) is 7.44. The third-order valence-electron chi connectivity index (χ3n) is 3.63. The molecule has 1 aromatic carbocycles. The average Bonchev–Trinajstić information content (AvgIpc) is 2.52. The molecule has 0 radical (unpaired) electrons. The zero-order chi connectivity index (χ0) is 14.7. The highest BCUT2D eigenvalue weighted by Crippen LogP contribution is 2.30. The van der Waals surface area contributed by atoms with Crippen LogP contribution in [0.1, 0.15) is 19.3 Å². The van der Waals surface area contributed by atoms with Gasteiger partial charge in [-0.25, -0.2) is 9.97 Å². The molecule has 1 fully saturated rings. The van der Waals surface area contributed by atoms with Gasteiger partial charge in [0.15, 0.2) is 11.6 Å². The molecular weight excluding hydrogens is 286 g/mol. The van der Waals surface area contributed by atoms with Crippen molar-refractivity contribution in [3.8, 4) is 0 Å². The first-order chi connectivity index (χ1) is 10.2. The van der Waals surface area contributed by atoms with Crippen molar-refractivity contribution in [2.24, 2.45) is 0 Å². The lowest BCUT2D eigenvalue weighted by Gasteiger charge is -2.28. The van der Waals surface area contributed by atoms with E-state index in [9.17, 15) is 0 Å². The van der Waals surface area contributed by atoms with Gasteiger partial charge in [-0.3, -0.25) is 0 Å². The Labute approximate surface area is 129 Å². The average molecular weight is 304 g/mol. The minimum Gasteiger partial charge on any atom is -0.393 e. The molecule has 3 rings (SSSR count). The second-order valence-corrected chi connectivity index (χ2v) is 5.58. The Hall–Kier alpha value is -2.01. The summed E-state index contributed by atoms with van der Waals surface area (Å²) in [5.74, 6) is 1.45. The zero-order valence-electron chi connectivity index (χ0n) is 11.7. The number of anilines is 4. The summed E-state index contributed by atoms with van der Waals surface area (Å²) in [5, 5.41) is 3.92. The molecule has 0 amide bonds. The van der Waals surface area contributed by atoms with Gasteiger partial charge in [-0.15, -0.1) is 0 Å². The largest absolute Gasteiger partial charge is 0.393 e. The lowest BCUT2D eigenvalue weighted by atomic mass is 10.1. The van der Waals surface area contributed by atoms with Gasteiger partial charge in [-0.1, -0.05) is 11.6 Å². The number of benzene rings is 1. The van der Waals surface area contributed by atoms with Crippen LogP contribution in [0.2, 0.25) is 5.02 Å². The lowest BCUT2D eigenvalue weighted by molar-refractivity contribution is 0.574. The number of nitrogens with two attached hydrogens (primary N) is 1. The maximum Gasteiger partial charge on any atom is 0.159 e. The molecule has 0 spiro atoms. The molecule has 2 heterocycles. The monoisotopic (exact) mass is 303 g/mol. The highest BCUT2D eigenvalue weighted by Gasteiger charge is 2.17. The quantitative estimate of drug-likeness (QED) is 0.909. The number of aromatic nitrogens is 2. The number of hydrogen-bond acceptors (Lipinski definition) is 5.